The van der Waals surface area contributed by atoms with E-state index in [1.54, 1.807) is 18.2 Å². The summed E-state index contributed by atoms with van der Waals surface area (Å²) in [5, 5.41) is 4.83. The zero-order valence-electron chi connectivity index (χ0n) is 16.8. The Morgan fingerprint density at radius 1 is 0.933 bits per heavy atom. The summed E-state index contributed by atoms with van der Waals surface area (Å²) >= 11 is 0. The first kappa shape index (κ1) is 20.4. The van der Waals surface area contributed by atoms with E-state index in [2.05, 4.69) is 5.32 Å². The molecule has 0 unspecified atom stereocenters. The summed E-state index contributed by atoms with van der Waals surface area (Å²) in [5.74, 6) is -0.0310. The third-order valence-electron chi connectivity index (χ3n) is 5.37. The lowest BCUT2D eigenvalue weighted by Gasteiger charge is -2.26. The van der Waals surface area contributed by atoms with Crippen LogP contribution in [0.15, 0.2) is 65.6 Å². The summed E-state index contributed by atoms with van der Waals surface area (Å²) in [6, 6.07) is 18.0. The molecule has 3 aromatic carbocycles. The summed E-state index contributed by atoms with van der Waals surface area (Å²) in [7, 11) is -2.26. The van der Waals surface area contributed by atoms with Gasteiger partial charge in [-0.25, -0.2) is 8.42 Å². The van der Waals surface area contributed by atoms with Crippen molar-refractivity contribution >= 4 is 32.4 Å². The third-order valence-corrected chi connectivity index (χ3v) is 7.29. The number of nitrogens with zero attached hydrogens (tertiary/aromatic N) is 1. The number of rotatable bonds is 5. The Hall–Kier alpha value is -2.90. The number of benzene rings is 3. The summed E-state index contributed by atoms with van der Waals surface area (Å²) in [4.78, 5) is 12.8. The van der Waals surface area contributed by atoms with Crippen molar-refractivity contribution in [2.45, 2.75) is 24.2 Å². The fourth-order valence-corrected chi connectivity index (χ4v) is 5.43. The second-order valence-corrected chi connectivity index (χ2v) is 9.25. The molecule has 0 spiro atoms. The molecule has 0 bridgehead atoms. The molecule has 156 valence electrons. The van der Waals surface area contributed by atoms with Gasteiger partial charge in [0.1, 0.15) is 10.6 Å². The fourth-order valence-electron chi connectivity index (χ4n) is 3.73. The van der Waals surface area contributed by atoms with Crippen molar-refractivity contribution in [3.63, 3.8) is 0 Å². The van der Waals surface area contributed by atoms with E-state index in [1.807, 2.05) is 36.4 Å². The Morgan fingerprint density at radius 2 is 1.67 bits per heavy atom. The van der Waals surface area contributed by atoms with Gasteiger partial charge < -0.3 is 10.1 Å². The van der Waals surface area contributed by atoms with E-state index < -0.39 is 10.0 Å². The van der Waals surface area contributed by atoms with Crippen LogP contribution in [-0.4, -0.2) is 38.8 Å². The first-order valence-corrected chi connectivity index (χ1v) is 11.4. The van der Waals surface area contributed by atoms with Crippen molar-refractivity contribution in [3.05, 3.63) is 66.2 Å². The molecule has 1 aliphatic heterocycles. The number of ether oxygens (including phenoxy) is 1. The van der Waals surface area contributed by atoms with Crippen LogP contribution in [0.1, 0.15) is 29.6 Å². The van der Waals surface area contributed by atoms with Crippen LogP contribution in [0.3, 0.4) is 0 Å². The first-order valence-electron chi connectivity index (χ1n) is 9.97. The van der Waals surface area contributed by atoms with Gasteiger partial charge >= 0.3 is 0 Å². The Kier molecular flexibility index (Phi) is 5.74. The summed E-state index contributed by atoms with van der Waals surface area (Å²) < 4.78 is 33.1. The monoisotopic (exact) mass is 424 g/mol. The standard InChI is InChI=1S/C23H24N2O4S/c1-29-21-12-11-20(16-22(21)30(27,28)25-13-5-2-6-14-25)24-23(26)19-10-9-17-7-3-4-8-18(17)15-19/h3-4,7-12,15-16H,2,5-6,13-14H2,1H3,(H,24,26). The second-order valence-electron chi connectivity index (χ2n) is 7.35. The lowest BCUT2D eigenvalue weighted by Crippen LogP contribution is -2.35. The molecule has 1 N–H and O–H groups in total. The number of hydrogen-bond donors (Lipinski definition) is 1. The van der Waals surface area contributed by atoms with Crippen molar-refractivity contribution in [3.8, 4) is 5.75 Å². The molecule has 4 rings (SSSR count). The Morgan fingerprint density at radius 3 is 2.40 bits per heavy atom. The van der Waals surface area contributed by atoms with Gasteiger partial charge in [0.05, 0.1) is 7.11 Å². The maximum Gasteiger partial charge on any atom is 0.255 e. The Balaban J connectivity index is 1.62. The van der Waals surface area contributed by atoms with Crippen molar-refractivity contribution in [1.29, 1.82) is 0 Å². The quantitative estimate of drug-likeness (QED) is 0.663. The van der Waals surface area contributed by atoms with Gasteiger partial charge in [-0.1, -0.05) is 36.8 Å². The number of carbonyl (C=O) groups is 1. The molecule has 1 saturated heterocycles. The van der Waals surface area contributed by atoms with E-state index in [9.17, 15) is 13.2 Å². The zero-order chi connectivity index (χ0) is 21.1. The third kappa shape index (κ3) is 4.04. The van der Waals surface area contributed by atoms with Crippen LogP contribution in [-0.2, 0) is 10.0 Å². The lowest BCUT2D eigenvalue weighted by atomic mass is 10.1. The molecule has 0 radical (unpaired) electrons. The maximum absolute atomic E-state index is 13.2. The molecule has 0 atom stereocenters. The van der Waals surface area contributed by atoms with Crippen LogP contribution < -0.4 is 10.1 Å². The number of sulfonamides is 1. The number of nitrogens with one attached hydrogen (secondary N) is 1. The number of piperidine rings is 1. The summed E-state index contributed by atoms with van der Waals surface area (Å²) in [6.07, 6.45) is 2.73. The highest BCUT2D eigenvalue weighted by molar-refractivity contribution is 7.89. The Bertz CT molecular complexity index is 1180. The molecular weight excluding hydrogens is 400 g/mol. The minimum absolute atomic E-state index is 0.0724. The van der Waals surface area contributed by atoms with Crippen LogP contribution in [0.25, 0.3) is 10.8 Å². The highest BCUT2D eigenvalue weighted by atomic mass is 32.2. The minimum Gasteiger partial charge on any atom is -0.495 e. The molecule has 6 nitrogen and oxygen atoms in total. The number of fused-ring (bicyclic) bond motifs is 1. The van der Waals surface area contributed by atoms with Gasteiger partial charge in [0.25, 0.3) is 5.91 Å². The molecule has 1 aliphatic rings. The Labute approximate surface area is 176 Å². The first-order chi connectivity index (χ1) is 14.5. The zero-order valence-corrected chi connectivity index (χ0v) is 17.6. The van der Waals surface area contributed by atoms with Gasteiger partial charge in [-0.15, -0.1) is 0 Å². The predicted molar refractivity (Wildman–Crippen MR) is 118 cm³/mol. The number of hydrogen-bond acceptors (Lipinski definition) is 4. The molecule has 30 heavy (non-hydrogen) atoms. The van der Waals surface area contributed by atoms with Crippen LogP contribution in [0.2, 0.25) is 0 Å². The van der Waals surface area contributed by atoms with Gasteiger partial charge in [-0.3, -0.25) is 4.79 Å². The highest BCUT2D eigenvalue weighted by Crippen LogP contribution is 2.31. The number of carbonyl (C=O) groups excluding carboxylic acids is 1. The van der Waals surface area contributed by atoms with Crippen molar-refractivity contribution < 1.29 is 17.9 Å². The van der Waals surface area contributed by atoms with Crippen LogP contribution in [0.5, 0.6) is 5.75 Å². The van der Waals surface area contributed by atoms with E-state index in [1.165, 1.54) is 17.5 Å². The van der Waals surface area contributed by atoms with Gasteiger partial charge in [-0.05, 0) is 53.9 Å². The van der Waals surface area contributed by atoms with E-state index in [0.29, 0.717) is 24.3 Å². The van der Waals surface area contributed by atoms with Crippen LogP contribution in [0.4, 0.5) is 5.69 Å². The van der Waals surface area contributed by atoms with Gasteiger partial charge in [0.15, 0.2) is 0 Å². The number of anilines is 1. The molecule has 1 amide bonds. The molecule has 3 aromatic rings. The van der Waals surface area contributed by atoms with E-state index in [-0.39, 0.29) is 16.6 Å². The summed E-state index contributed by atoms with van der Waals surface area (Å²) in [5.41, 5.74) is 0.912. The smallest absolute Gasteiger partial charge is 0.255 e. The topological polar surface area (TPSA) is 75.7 Å². The molecule has 7 heteroatoms. The molecule has 0 saturated carbocycles. The summed E-state index contributed by atoms with van der Waals surface area (Å²) in [6.45, 7) is 0.998. The fraction of sp³-hybridized carbons (Fsp3) is 0.261. The molecule has 0 aliphatic carbocycles. The average Bonchev–Trinajstić information content (AvgIpc) is 2.79. The van der Waals surface area contributed by atoms with E-state index in [0.717, 1.165) is 30.0 Å². The molecule has 0 aromatic heterocycles. The van der Waals surface area contributed by atoms with Gasteiger partial charge in [0, 0.05) is 24.3 Å². The van der Waals surface area contributed by atoms with Crippen molar-refractivity contribution in [2.75, 3.05) is 25.5 Å². The number of amides is 1. The molecular formula is C23H24N2O4S. The second kappa shape index (κ2) is 8.45. The molecule has 1 heterocycles. The van der Waals surface area contributed by atoms with Gasteiger partial charge in [0.2, 0.25) is 10.0 Å². The SMILES string of the molecule is COc1ccc(NC(=O)c2ccc3ccccc3c2)cc1S(=O)(=O)N1CCCCC1. The highest BCUT2D eigenvalue weighted by Gasteiger charge is 2.29. The van der Waals surface area contributed by atoms with Crippen molar-refractivity contribution in [2.24, 2.45) is 0 Å². The largest absolute Gasteiger partial charge is 0.495 e. The average molecular weight is 425 g/mol. The predicted octanol–water partition coefficient (Wildman–Crippen LogP) is 4.28. The van der Waals surface area contributed by atoms with E-state index >= 15 is 0 Å². The minimum atomic E-state index is -3.70. The van der Waals surface area contributed by atoms with E-state index in [4.69, 9.17) is 4.74 Å². The van der Waals surface area contributed by atoms with Crippen molar-refractivity contribution in [1.82, 2.24) is 4.31 Å². The van der Waals surface area contributed by atoms with Gasteiger partial charge in [-0.2, -0.15) is 4.31 Å². The normalized spacial score (nSPS) is 15.1. The maximum atomic E-state index is 13.2. The van der Waals surface area contributed by atoms with Crippen LogP contribution >= 0.6 is 0 Å². The van der Waals surface area contributed by atoms with Crippen LogP contribution in [0, 0.1) is 0 Å². The lowest BCUT2D eigenvalue weighted by molar-refractivity contribution is 0.102. The number of methoxy groups -OCH3 is 1. The molecule has 1 fully saturated rings.